The second-order valence-corrected chi connectivity index (χ2v) is 7.42. The van der Waals surface area contributed by atoms with Crippen LogP contribution in [0.1, 0.15) is 38.1 Å². The first-order valence-electron chi connectivity index (χ1n) is 10.5. The predicted octanol–water partition coefficient (Wildman–Crippen LogP) is 3.13. The van der Waals surface area contributed by atoms with Crippen LogP contribution in [0.5, 0.6) is 0 Å². The van der Waals surface area contributed by atoms with E-state index in [2.05, 4.69) is 39.6 Å². The van der Waals surface area contributed by atoms with Crippen molar-refractivity contribution in [2.75, 3.05) is 31.1 Å². The average molecular weight is 529 g/mol. The molecule has 2 aromatic rings. The number of nitrogens with one attached hydrogen (secondary N) is 2. The maximum Gasteiger partial charge on any atom is 0.191 e. The second kappa shape index (κ2) is 12.1. The summed E-state index contributed by atoms with van der Waals surface area (Å²) >= 11 is 0. The standard InChI is InChI=1S/C21H32FN7.HI/c1-4-20-27-25-15-29(20)12-10-24-21(23-5-2)26-18-7-6-11-28(14-18)19-9-8-17(22)13-16(19)3;/h8-9,13,15,18H,4-7,10-12,14H2,1-3H3,(H2,23,24,26);1H. The van der Waals surface area contributed by atoms with Crippen LogP contribution in [0.4, 0.5) is 10.1 Å². The smallest absolute Gasteiger partial charge is 0.191 e. The number of benzene rings is 1. The van der Waals surface area contributed by atoms with Crippen LogP contribution >= 0.6 is 24.0 Å². The van der Waals surface area contributed by atoms with Gasteiger partial charge in [0, 0.05) is 44.3 Å². The molecule has 0 radical (unpaired) electrons. The molecule has 9 heteroatoms. The Morgan fingerprint density at radius 2 is 2.17 bits per heavy atom. The Bertz CT molecular complexity index is 823. The molecule has 1 aliphatic rings. The third-order valence-electron chi connectivity index (χ3n) is 5.23. The van der Waals surface area contributed by atoms with Gasteiger partial charge in [-0.1, -0.05) is 6.92 Å². The zero-order valence-corrected chi connectivity index (χ0v) is 20.4. The highest BCUT2D eigenvalue weighted by Crippen LogP contribution is 2.24. The van der Waals surface area contributed by atoms with Crippen LogP contribution in [0, 0.1) is 12.7 Å². The summed E-state index contributed by atoms with van der Waals surface area (Å²) in [5, 5.41) is 15.0. The van der Waals surface area contributed by atoms with E-state index in [-0.39, 0.29) is 29.8 Å². The average Bonchev–Trinajstić information content (AvgIpc) is 3.16. The SMILES string of the molecule is CCNC(=NCCn1cnnc1CC)NC1CCCN(c2ccc(F)cc2C)C1.I. The molecule has 1 atom stereocenters. The third kappa shape index (κ3) is 6.55. The van der Waals surface area contributed by atoms with Crippen molar-refractivity contribution >= 4 is 35.6 Å². The molecule has 1 saturated heterocycles. The van der Waals surface area contributed by atoms with E-state index >= 15 is 0 Å². The van der Waals surface area contributed by atoms with Crippen molar-refractivity contribution in [3.8, 4) is 0 Å². The summed E-state index contributed by atoms with van der Waals surface area (Å²) in [5.41, 5.74) is 2.09. The number of aliphatic imine (C=N–C) groups is 1. The molecule has 3 rings (SSSR count). The van der Waals surface area contributed by atoms with Crippen molar-refractivity contribution < 1.29 is 4.39 Å². The van der Waals surface area contributed by atoms with Crippen LogP contribution in [0.3, 0.4) is 0 Å². The minimum Gasteiger partial charge on any atom is -0.369 e. The zero-order chi connectivity index (χ0) is 20.6. The Hall–Kier alpha value is -1.91. The molecular weight excluding hydrogens is 496 g/mol. The van der Waals surface area contributed by atoms with Crippen LogP contribution < -0.4 is 15.5 Å². The molecule has 30 heavy (non-hydrogen) atoms. The predicted molar refractivity (Wildman–Crippen MR) is 130 cm³/mol. The monoisotopic (exact) mass is 529 g/mol. The molecule has 1 aliphatic heterocycles. The first kappa shape index (κ1) is 24.4. The lowest BCUT2D eigenvalue weighted by Crippen LogP contribution is -2.51. The Morgan fingerprint density at radius 1 is 1.33 bits per heavy atom. The summed E-state index contributed by atoms with van der Waals surface area (Å²) in [5.74, 6) is 1.64. The van der Waals surface area contributed by atoms with Crippen molar-refractivity contribution in [1.29, 1.82) is 0 Å². The summed E-state index contributed by atoms with van der Waals surface area (Å²) < 4.78 is 15.5. The molecule has 1 fully saturated rings. The highest BCUT2D eigenvalue weighted by atomic mass is 127. The van der Waals surface area contributed by atoms with Gasteiger partial charge in [-0.15, -0.1) is 34.2 Å². The number of hydrogen-bond donors (Lipinski definition) is 2. The number of guanidine groups is 1. The molecule has 2 heterocycles. The number of piperidine rings is 1. The first-order valence-corrected chi connectivity index (χ1v) is 10.5. The molecule has 1 aromatic heterocycles. The molecule has 0 bridgehead atoms. The Balaban J connectivity index is 0.00000320. The second-order valence-electron chi connectivity index (χ2n) is 7.42. The van der Waals surface area contributed by atoms with E-state index in [0.717, 1.165) is 68.5 Å². The first-order chi connectivity index (χ1) is 14.1. The van der Waals surface area contributed by atoms with Gasteiger partial charge in [0.1, 0.15) is 18.0 Å². The van der Waals surface area contributed by atoms with Crippen molar-refractivity contribution in [2.45, 2.75) is 52.6 Å². The molecule has 0 amide bonds. The zero-order valence-electron chi connectivity index (χ0n) is 18.1. The maximum atomic E-state index is 13.5. The number of anilines is 1. The van der Waals surface area contributed by atoms with Gasteiger partial charge in [0.2, 0.25) is 0 Å². The molecular formula is C21H33FIN7. The lowest BCUT2D eigenvalue weighted by molar-refractivity contribution is 0.467. The minimum absolute atomic E-state index is 0. The number of halogens is 2. The fourth-order valence-corrected chi connectivity index (χ4v) is 3.81. The van der Waals surface area contributed by atoms with Gasteiger partial charge in [-0.3, -0.25) is 4.99 Å². The van der Waals surface area contributed by atoms with Crippen LogP contribution in [-0.2, 0) is 13.0 Å². The lowest BCUT2D eigenvalue weighted by atomic mass is 10.0. The Morgan fingerprint density at radius 3 is 2.90 bits per heavy atom. The van der Waals surface area contributed by atoms with Gasteiger partial charge in [0.15, 0.2) is 5.96 Å². The molecule has 166 valence electrons. The molecule has 1 aromatic carbocycles. The molecule has 0 saturated carbocycles. The largest absolute Gasteiger partial charge is 0.369 e. The molecule has 2 N–H and O–H groups in total. The molecule has 1 unspecified atom stereocenters. The van der Waals surface area contributed by atoms with Crippen LogP contribution in [-0.4, -0.2) is 52.9 Å². The van der Waals surface area contributed by atoms with Gasteiger partial charge in [-0.05, 0) is 50.5 Å². The van der Waals surface area contributed by atoms with Crippen molar-refractivity contribution in [1.82, 2.24) is 25.4 Å². The minimum atomic E-state index is -0.182. The van der Waals surface area contributed by atoms with Gasteiger partial charge in [0.25, 0.3) is 0 Å². The van der Waals surface area contributed by atoms with Gasteiger partial charge in [0.05, 0.1) is 6.54 Å². The summed E-state index contributed by atoms with van der Waals surface area (Å²) in [7, 11) is 0. The summed E-state index contributed by atoms with van der Waals surface area (Å²) in [6.07, 6.45) is 4.81. The van der Waals surface area contributed by atoms with E-state index in [4.69, 9.17) is 4.99 Å². The fourth-order valence-electron chi connectivity index (χ4n) is 3.81. The highest BCUT2D eigenvalue weighted by molar-refractivity contribution is 14.0. The Kier molecular flexibility index (Phi) is 9.80. The topological polar surface area (TPSA) is 70.4 Å². The third-order valence-corrected chi connectivity index (χ3v) is 5.23. The highest BCUT2D eigenvalue weighted by Gasteiger charge is 2.22. The van der Waals surface area contributed by atoms with Crippen LogP contribution in [0.25, 0.3) is 0 Å². The number of hydrogen-bond acceptors (Lipinski definition) is 4. The molecule has 7 nitrogen and oxygen atoms in total. The summed E-state index contributed by atoms with van der Waals surface area (Å²) in [6.45, 7) is 10.2. The van der Waals surface area contributed by atoms with Crippen molar-refractivity contribution in [3.63, 3.8) is 0 Å². The van der Waals surface area contributed by atoms with E-state index < -0.39 is 0 Å². The fraction of sp³-hybridized carbons (Fsp3) is 0.571. The maximum absolute atomic E-state index is 13.5. The van der Waals surface area contributed by atoms with E-state index in [9.17, 15) is 4.39 Å². The quantitative estimate of drug-likeness (QED) is 0.328. The summed E-state index contributed by atoms with van der Waals surface area (Å²) in [6, 6.07) is 5.33. The van der Waals surface area contributed by atoms with E-state index in [1.807, 2.05) is 17.6 Å². The van der Waals surface area contributed by atoms with E-state index in [0.29, 0.717) is 12.6 Å². The van der Waals surface area contributed by atoms with E-state index in [1.165, 1.54) is 0 Å². The van der Waals surface area contributed by atoms with Gasteiger partial charge < -0.3 is 20.1 Å². The molecule has 0 aliphatic carbocycles. The van der Waals surface area contributed by atoms with Crippen molar-refractivity contribution in [3.05, 3.63) is 41.7 Å². The number of rotatable bonds is 7. The lowest BCUT2D eigenvalue weighted by Gasteiger charge is -2.36. The molecule has 0 spiro atoms. The van der Waals surface area contributed by atoms with Gasteiger partial charge in [-0.25, -0.2) is 4.39 Å². The van der Waals surface area contributed by atoms with Crippen molar-refractivity contribution in [2.24, 2.45) is 4.99 Å². The van der Waals surface area contributed by atoms with Gasteiger partial charge >= 0.3 is 0 Å². The normalized spacial score (nSPS) is 16.9. The number of nitrogens with zero attached hydrogens (tertiary/aromatic N) is 5. The van der Waals surface area contributed by atoms with Crippen LogP contribution in [0.15, 0.2) is 29.5 Å². The number of aromatic nitrogens is 3. The Labute approximate surface area is 195 Å². The van der Waals surface area contributed by atoms with Crippen LogP contribution in [0.2, 0.25) is 0 Å². The van der Waals surface area contributed by atoms with E-state index in [1.54, 1.807) is 18.5 Å². The number of aryl methyl sites for hydroxylation is 2. The van der Waals surface area contributed by atoms with Gasteiger partial charge in [-0.2, -0.15) is 0 Å². The summed E-state index contributed by atoms with van der Waals surface area (Å²) in [4.78, 5) is 7.07.